The molecule has 0 saturated heterocycles. The van der Waals surface area contributed by atoms with Gasteiger partial charge in [0, 0.05) is 6.04 Å². The van der Waals surface area contributed by atoms with Gasteiger partial charge >= 0.3 is 0 Å². The lowest BCUT2D eigenvalue weighted by Gasteiger charge is -2.20. The zero-order valence-electron chi connectivity index (χ0n) is 11.2. The molecule has 0 bridgehead atoms. The molecule has 1 heterocycles. The van der Waals surface area contributed by atoms with Crippen molar-refractivity contribution in [3.63, 3.8) is 0 Å². The Kier molecular flexibility index (Phi) is 4.11. The summed E-state index contributed by atoms with van der Waals surface area (Å²) in [4.78, 5) is 0. The van der Waals surface area contributed by atoms with Crippen molar-refractivity contribution in [2.75, 3.05) is 6.54 Å². The van der Waals surface area contributed by atoms with Crippen molar-refractivity contribution in [1.29, 1.82) is 0 Å². The van der Waals surface area contributed by atoms with E-state index in [0.717, 1.165) is 30.3 Å². The quantitative estimate of drug-likeness (QED) is 0.821. The van der Waals surface area contributed by atoms with Gasteiger partial charge in [-0.15, -0.1) is 0 Å². The van der Waals surface area contributed by atoms with Gasteiger partial charge in [0.1, 0.15) is 0 Å². The largest absolute Gasteiger partial charge is 0.310 e. The van der Waals surface area contributed by atoms with Crippen LogP contribution < -0.4 is 5.32 Å². The van der Waals surface area contributed by atoms with E-state index in [2.05, 4.69) is 35.4 Å². The van der Waals surface area contributed by atoms with Crippen LogP contribution in [0.4, 0.5) is 0 Å². The summed E-state index contributed by atoms with van der Waals surface area (Å²) in [6.07, 6.45) is 4.86. The maximum atomic E-state index is 4.35. The lowest BCUT2D eigenvalue weighted by molar-refractivity contribution is 0.474. The first-order valence-corrected chi connectivity index (χ1v) is 6.82. The van der Waals surface area contributed by atoms with Crippen LogP contribution in [0.3, 0.4) is 0 Å². The van der Waals surface area contributed by atoms with Gasteiger partial charge in [0.15, 0.2) is 0 Å². The lowest BCUT2D eigenvalue weighted by Crippen LogP contribution is -2.25. The molecule has 1 aromatic heterocycles. The SMILES string of the molecule is CCCNC(c1cc(C)nnc1CC)C1CC1. The fourth-order valence-corrected chi connectivity index (χ4v) is 2.34. The number of aryl methyl sites for hydroxylation is 2. The van der Waals surface area contributed by atoms with E-state index < -0.39 is 0 Å². The average Bonchev–Trinajstić information content (AvgIpc) is 3.14. The van der Waals surface area contributed by atoms with Crippen LogP contribution in [0.1, 0.15) is 56.1 Å². The van der Waals surface area contributed by atoms with E-state index in [1.807, 2.05) is 6.92 Å². The third-order valence-corrected chi connectivity index (χ3v) is 3.40. The molecular weight excluding hydrogens is 210 g/mol. The summed E-state index contributed by atoms with van der Waals surface area (Å²) in [5.41, 5.74) is 3.58. The summed E-state index contributed by atoms with van der Waals surface area (Å²) >= 11 is 0. The molecule has 0 aliphatic heterocycles. The molecule has 3 heteroatoms. The standard InChI is InChI=1S/C14H23N3/c1-4-8-15-14(11-6-7-11)12-9-10(3)16-17-13(12)5-2/h9,11,14-15H,4-8H2,1-3H3. The van der Waals surface area contributed by atoms with Crippen LogP contribution in [0.25, 0.3) is 0 Å². The van der Waals surface area contributed by atoms with Crippen LogP contribution in [-0.4, -0.2) is 16.7 Å². The Hall–Kier alpha value is -0.960. The van der Waals surface area contributed by atoms with Crippen molar-refractivity contribution >= 4 is 0 Å². The fourth-order valence-electron chi connectivity index (χ4n) is 2.34. The minimum Gasteiger partial charge on any atom is -0.310 e. The highest BCUT2D eigenvalue weighted by atomic mass is 15.1. The Labute approximate surface area is 104 Å². The third kappa shape index (κ3) is 3.03. The minimum atomic E-state index is 0.499. The van der Waals surface area contributed by atoms with Crippen LogP contribution in [0, 0.1) is 12.8 Å². The number of aromatic nitrogens is 2. The summed E-state index contributed by atoms with van der Waals surface area (Å²) in [5, 5.41) is 12.2. The van der Waals surface area contributed by atoms with E-state index in [0.29, 0.717) is 6.04 Å². The summed E-state index contributed by atoms with van der Waals surface area (Å²) in [5.74, 6) is 0.815. The Morgan fingerprint density at radius 3 is 2.71 bits per heavy atom. The van der Waals surface area contributed by atoms with E-state index in [4.69, 9.17) is 0 Å². The number of hydrogen-bond donors (Lipinski definition) is 1. The second kappa shape index (κ2) is 5.58. The Morgan fingerprint density at radius 2 is 2.12 bits per heavy atom. The molecule has 0 radical (unpaired) electrons. The molecule has 1 aliphatic rings. The van der Waals surface area contributed by atoms with Gasteiger partial charge in [-0.2, -0.15) is 10.2 Å². The fraction of sp³-hybridized carbons (Fsp3) is 0.714. The van der Waals surface area contributed by atoms with Crippen molar-refractivity contribution in [3.8, 4) is 0 Å². The molecule has 0 aromatic carbocycles. The highest BCUT2D eigenvalue weighted by molar-refractivity contribution is 5.26. The van der Waals surface area contributed by atoms with Crippen LogP contribution in [0.2, 0.25) is 0 Å². The molecule has 1 unspecified atom stereocenters. The predicted molar refractivity (Wildman–Crippen MR) is 69.9 cm³/mol. The zero-order valence-corrected chi connectivity index (χ0v) is 11.2. The molecule has 1 aliphatic carbocycles. The van der Waals surface area contributed by atoms with E-state index in [9.17, 15) is 0 Å². The highest BCUT2D eigenvalue weighted by Gasteiger charge is 2.33. The van der Waals surface area contributed by atoms with Gasteiger partial charge in [0.05, 0.1) is 11.4 Å². The topological polar surface area (TPSA) is 37.8 Å². The van der Waals surface area contributed by atoms with Crippen LogP contribution in [0.15, 0.2) is 6.07 Å². The second-order valence-electron chi connectivity index (χ2n) is 5.01. The molecule has 17 heavy (non-hydrogen) atoms. The van der Waals surface area contributed by atoms with Crippen LogP contribution in [0.5, 0.6) is 0 Å². The summed E-state index contributed by atoms with van der Waals surface area (Å²) in [7, 11) is 0. The molecule has 1 atom stereocenters. The normalized spacial score (nSPS) is 17.1. The van der Waals surface area contributed by atoms with Crippen molar-refractivity contribution in [2.24, 2.45) is 5.92 Å². The number of nitrogens with zero attached hydrogens (tertiary/aromatic N) is 2. The van der Waals surface area contributed by atoms with Gasteiger partial charge in [-0.1, -0.05) is 13.8 Å². The van der Waals surface area contributed by atoms with Gasteiger partial charge < -0.3 is 5.32 Å². The van der Waals surface area contributed by atoms with Crippen LogP contribution in [-0.2, 0) is 6.42 Å². The first-order chi connectivity index (χ1) is 8.26. The molecule has 1 N–H and O–H groups in total. The highest BCUT2D eigenvalue weighted by Crippen LogP contribution is 2.41. The maximum Gasteiger partial charge on any atom is 0.0676 e. The van der Waals surface area contributed by atoms with Gasteiger partial charge in [-0.3, -0.25) is 0 Å². The molecule has 2 rings (SSSR count). The summed E-state index contributed by atoms with van der Waals surface area (Å²) < 4.78 is 0. The monoisotopic (exact) mass is 233 g/mol. The van der Waals surface area contributed by atoms with E-state index >= 15 is 0 Å². The van der Waals surface area contributed by atoms with Crippen LogP contribution >= 0.6 is 0 Å². The number of hydrogen-bond acceptors (Lipinski definition) is 3. The molecule has 1 aromatic rings. The van der Waals surface area contributed by atoms with Gasteiger partial charge in [0.2, 0.25) is 0 Å². The van der Waals surface area contributed by atoms with Crippen molar-refractivity contribution < 1.29 is 0 Å². The third-order valence-electron chi connectivity index (χ3n) is 3.40. The first kappa shape index (κ1) is 12.5. The maximum absolute atomic E-state index is 4.35. The first-order valence-electron chi connectivity index (χ1n) is 6.82. The van der Waals surface area contributed by atoms with Gasteiger partial charge in [-0.25, -0.2) is 0 Å². The Bertz CT molecular complexity index is 372. The van der Waals surface area contributed by atoms with E-state index in [1.54, 1.807) is 0 Å². The van der Waals surface area contributed by atoms with Crippen molar-refractivity contribution in [3.05, 3.63) is 23.0 Å². The molecule has 3 nitrogen and oxygen atoms in total. The average molecular weight is 233 g/mol. The Morgan fingerprint density at radius 1 is 1.35 bits per heavy atom. The van der Waals surface area contributed by atoms with E-state index in [-0.39, 0.29) is 0 Å². The molecule has 0 spiro atoms. The zero-order chi connectivity index (χ0) is 12.3. The summed E-state index contributed by atoms with van der Waals surface area (Å²) in [6.45, 7) is 7.49. The number of rotatable bonds is 6. The molecular formula is C14H23N3. The smallest absolute Gasteiger partial charge is 0.0676 e. The lowest BCUT2D eigenvalue weighted by atomic mass is 9.99. The number of nitrogens with one attached hydrogen (secondary N) is 1. The minimum absolute atomic E-state index is 0.499. The molecule has 0 amide bonds. The second-order valence-corrected chi connectivity index (χ2v) is 5.01. The molecule has 1 fully saturated rings. The Balaban J connectivity index is 2.23. The van der Waals surface area contributed by atoms with Gasteiger partial charge in [0.25, 0.3) is 0 Å². The summed E-state index contributed by atoms with van der Waals surface area (Å²) in [6, 6.07) is 2.72. The molecule has 94 valence electrons. The van der Waals surface area contributed by atoms with Gasteiger partial charge in [-0.05, 0) is 56.7 Å². The van der Waals surface area contributed by atoms with Crippen molar-refractivity contribution in [1.82, 2.24) is 15.5 Å². The molecule has 1 saturated carbocycles. The van der Waals surface area contributed by atoms with Crippen molar-refractivity contribution in [2.45, 2.75) is 52.5 Å². The predicted octanol–water partition coefficient (Wildman–Crippen LogP) is 2.80. The van der Waals surface area contributed by atoms with E-state index in [1.165, 1.54) is 24.8 Å².